The maximum atomic E-state index is 13.2. The molecular formula is C34H46Cl2N8O4. The maximum Gasteiger partial charge on any atom is 0.333 e. The number of fused-ring (bicyclic) bond motifs is 2. The first-order valence-corrected chi connectivity index (χ1v) is 18.9. The van der Waals surface area contributed by atoms with Crippen molar-refractivity contribution in [3.63, 3.8) is 0 Å². The van der Waals surface area contributed by atoms with E-state index in [-0.39, 0.29) is 57.2 Å². The summed E-state index contributed by atoms with van der Waals surface area (Å²) in [6.45, 7) is 0. The highest BCUT2D eigenvalue weighted by atomic mass is 35.5. The molecule has 0 unspecified atom stereocenters. The van der Waals surface area contributed by atoms with Gasteiger partial charge >= 0.3 is 11.4 Å². The molecule has 2 N–H and O–H groups in total. The number of halogens is 2. The van der Waals surface area contributed by atoms with Crippen LogP contribution >= 0.6 is 23.2 Å². The standard InChI is InChI=1S/2C17H23ClN4O2/c2*18-16-19-13-14(20-16)21(11-7-3-1-4-8-11)17(24)22(15(13)23)12-9-5-2-6-10-12/h2*11-12H,1-10H2,(H,19,20). The van der Waals surface area contributed by atoms with Crippen molar-refractivity contribution in [2.75, 3.05) is 0 Å². The quantitative estimate of drug-likeness (QED) is 0.217. The summed E-state index contributed by atoms with van der Waals surface area (Å²) in [5.74, 6) is 0. The molecule has 4 saturated carbocycles. The molecule has 4 aliphatic rings. The minimum absolute atomic E-state index is 0.0000612. The van der Waals surface area contributed by atoms with Crippen LogP contribution in [0.1, 0.15) is 153 Å². The number of rotatable bonds is 4. The van der Waals surface area contributed by atoms with Gasteiger partial charge in [0.1, 0.15) is 0 Å². The minimum atomic E-state index is -0.270. The van der Waals surface area contributed by atoms with Crippen LogP contribution in [-0.4, -0.2) is 38.2 Å². The third-order valence-electron chi connectivity index (χ3n) is 11.2. The van der Waals surface area contributed by atoms with Crippen molar-refractivity contribution >= 4 is 45.5 Å². The molecule has 4 heterocycles. The molecule has 0 spiro atoms. The molecular weight excluding hydrogens is 655 g/mol. The predicted octanol–water partition coefficient (Wildman–Crippen LogP) is 7.10. The van der Waals surface area contributed by atoms with E-state index in [1.165, 1.54) is 34.8 Å². The van der Waals surface area contributed by atoms with Gasteiger partial charge in [0, 0.05) is 24.2 Å². The smallest absolute Gasteiger partial charge is 0.323 e. The number of aromatic nitrogens is 8. The predicted molar refractivity (Wildman–Crippen MR) is 188 cm³/mol. The van der Waals surface area contributed by atoms with Gasteiger partial charge in [0.25, 0.3) is 11.1 Å². The zero-order chi connectivity index (χ0) is 33.4. The fourth-order valence-electron chi connectivity index (χ4n) is 8.81. The first kappa shape index (κ1) is 33.4. The highest BCUT2D eigenvalue weighted by Gasteiger charge is 2.29. The van der Waals surface area contributed by atoms with E-state index in [4.69, 9.17) is 23.2 Å². The minimum Gasteiger partial charge on any atom is -0.323 e. The van der Waals surface area contributed by atoms with Crippen molar-refractivity contribution in [3.8, 4) is 0 Å². The summed E-state index contributed by atoms with van der Waals surface area (Å²) >= 11 is 12.1. The number of nitrogens with zero attached hydrogens (tertiary/aromatic N) is 6. The molecule has 4 aromatic rings. The van der Waals surface area contributed by atoms with Crippen molar-refractivity contribution < 1.29 is 0 Å². The van der Waals surface area contributed by atoms with Crippen LogP contribution in [0.3, 0.4) is 0 Å². The molecule has 0 aliphatic heterocycles. The summed E-state index contributed by atoms with van der Waals surface area (Å²) in [5, 5.41) is 0.347. The van der Waals surface area contributed by atoms with Crippen molar-refractivity contribution in [3.05, 3.63) is 52.2 Å². The average Bonchev–Trinajstić information content (AvgIpc) is 3.69. The van der Waals surface area contributed by atoms with Crippen LogP contribution in [0, 0.1) is 0 Å². The summed E-state index contributed by atoms with van der Waals surface area (Å²) in [5.41, 5.74) is 0.653. The van der Waals surface area contributed by atoms with Crippen LogP contribution in [-0.2, 0) is 0 Å². The molecule has 0 atom stereocenters. The van der Waals surface area contributed by atoms with Gasteiger partial charge in [-0.15, -0.1) is 0 Å². The zero-order valence-corrected chi connectivity index (χ0v) is 29.0. The van der Waals surface area contributed by atoms with Crippen molar-refractivity contribution in [2.24, 2.45) is 0 Å². The van der Waals surface area contributed by atoms with E-state index in [1.807, 2.05) is 0 Å². The molecule has 4 aliphatic carbocycles. The van der Waals surface area contributed by atoms with Crippen molar-refractivity contribution in [1.29, 1.82) is 0 Å². The molecule has 8 rings (SSSR count). The van der Waals surface area contributed by atoms with Crippen molar-refractivity contribution in [1.82, 2.24) is 38.2 Å². The number of aromatic amines is 2. The molecule has 12 nitrogen and oxygen atoms in total. The Kier molecular flexibility index (Phi) is 10.0. The normalized spacial score (nSPS) is 20.7. The lowest BCUT2D eigenvalue weighted by Gasteiger charge is -2.28. The van der Waals surface area contributed by atoms with Crippen LogP contribution in [0.5, 0.6) is 0 Å². The van der Waals surface area contributed by atoms with E-state index in [0.717, 1.165) is 103 Å². The Morgan fingerprint density at radius 3 is 1.00 bits per heavy atom. The highest BCUT2D eigenvalue weighted by Crippen LogP contribution is 2.32. The Bertz CT molecular complexity index is 1850. The summed E-state index contributed by atoms with van der Waals surface area (Å²) in [6, 6.07) is 0.229. The summed E-state index contributed by atoms with van der Waals surface area (Å²) < 4.78 is 6.44. The number of imidazole rings is 2. The number of hydrogen-bond donors (Lipinski definition) is 2. The molecule has 0 amide bonds. The third-order valence-corrected chi connectivity index (χ3v) is 11.6. The van der Waals surface area contributed by atoms with Crippen molar-refractivity contribution in [2.45, 2.75) is 153 Å². The fourth-order valence-corrected chi connectivity index (χ4v) is 9.15. The van der Waals surface area contributed by atoms with Gasteiger partial charge in [0.15, 0.2) is 22.3 Å². The molecule has 260 valence electrons. The Morgan fingerprint density at radius 1 is 0.438 bits per heavy atom. The summed E-state index contributed by atoms with van der Waals surface area (Å²) in [6.07, 6.45) is 20.9. The van der Waals surface area contributed by atoms with E-state index in [0.29, 0.717) is 22.3 Å². The van der Waals surface area contributed by atoms with Crippen LogP contribution in [0.2, 0.25) is 10.6 Å². The van der Waals surface area contributed by atoms with E-state index < -0.39 is 0 Å². The third kappa shape index (κ3) is 6.34. The lowest BCUT2D eigenvalue weighted by molar-refractivity contribution is 0.306. The van der Waals surface area contributed by atoms with Gasteiger partial charge in [-0.2, -0.15) is 9.97 Å². The van der Waals surface area contributed by atoms with Crippen LogP contribution < -0.4 is 22.5 Å². The molecule has 48 heavy (non-hydrogen) atoms. The van der Waals surface area contributed by atoms with Gasteiger partial charge < -0.3 is 9.97 Å². The van der Waals surface area contributed by atoms with E-state index >= 15 is 0 Å². The number of hydrogen-bond acceptors (Lipinski definition) is 6. The Labute approximate surface area is 287 Å². The second kappa shape index (κ2) is 14.4. The maximum absolute atomic E-state index is 13.2. The Balaban J connectivity index is 0.000000152. The SMILES string of the molecule is O=c1c2[nH]c(Cl)nc2n(C2CCCCC2)c(=O)n1C1CCCCC1.O=c1c2[nH]c(Cl)nc2n(C2CCCCC2)c(=O)n1C1CCCCC1. The highest BCUT2D eigenvalue weighted by molar-refractivity contribution is 6.29. The summed E-state index contributed by atoms with van der Waals surface area (Å²) in [7, 11) is 0. The monoisotopic (exact) mass is 700 g/mol. The zero-order valence-electron chi connectivity index (χ0n) is 27.5. The van der Waals surface area contributed by atoms with E-state index in [9.17, 15) is 19.2 Å². The van der Waals surface area contributed by atoms with Crippen LogP contribution in [0.25, 0.3) is 22.3 Å². The molecule has 0 bridgehead atoms. The fraction of sp³-hybridized carbons (Fsp3) is 0.706. The second-order valence-corrected chi connectivity index (χ2v) is 15.0. The lowest BCUT2D eigenvalue weighted by atomic mass is 9.94. The Morgan fingerprint density at radius 2 is 0.708 bits per heavy atom. The first-order valence-electron chi connectivity index (χ1n) is 18.2. The van der Waals surface area contributed by atoms with Gasteiger partial charge in [-0.3, -0.25) is 27.9 Å². The van der Waals surface area contributed by atoms with Gasteiger partial charge in [0.2, 0.25) is 10.6 Å². The van der Waals surface area contributed by atoms with Crippen LogP contribution in [0.15, 0.2) is 19.2 Å². The first-order chi connectivity index (χ1) is 23.3. The molecule has 4 aromatic heterocycles. The van der Waals surface area contributed by atoms with E-state index in [2.05, 4.69) is 19.9 Å². The van der Waals surface area contributed by atoms with Gasteiger partial charge in [-0.05, 0) is 74.6 Å². The van der Waals surface area contributed by atoms with E-state index in [1.54, 1.807) is 9.13 Å². The molecule has 14 heteroatoms. The molecule has 0 aromatic carbocycles. The van der Waals surface area contributed by atoms with Gasteiger partial charge in [-0.1, -0.05) is 77.0 Å². The topological polar surface area (TPSA) is 145 Å². The Hall–Kier alpha value is -3.12. The summed E-state index contributed by atoms with van der Waals surface area (Å²) in [4.78, 5) is 66.6. The molecule has 0 radical (unpaired) electrons. The number of H-pyrrole nitrogens is 2. The largest absolute Gasteiger partial charge is 0.333 e. The average molecular weight is 702 g/mol. The second-order valence-electron chi connectivity index (χ2n) is 14.3. The molecule has 0 saturated heterocycles. The van der Waals surface area contributed by atoms with Gasteiger partial charge in [0.05, 0.1) is 0 Å². The number of nitrogens with one attached hydrogen (secondary N) is 2. The molecule has 4 fully saturated rings. The van der Waals surface area contributed by atoms with Gasteiger partial charge in [-0.25, -0.2) is 9.59 Å². The lowest BCUT2D eigenvalue weighted by Crippen LogP contribution is -2.44. The van der Waals surface area contributed by atoms with Crippen LogP contribution in [0.4, 0.5) is 0 Å².